The summed E-state index contributed by atoms with van der Waals surface area (Å²) >= 11 is 0. The van der Waals surface area contributed by atoms with E-state index in [0.717, 1.165) is 36.3 Å². The molecule has 0 aliphatic rings. The highest BCUT2D eigenvalue weighted by atomic mass is 16.5. The van der Waals surface area contributed by atoms with Crippen LogP contribution in [0.5, 0.6) is 5.88 Å². The van der Waals surface area contributed by atoms with Gasteiger partial charge < -0.3 is 14.4 Å². The van der Waals surface area contributed by atoms with Gasteiger partial charge in [0.2, 0.25) is 5.88 Å². The molecule has 7 heteroatoms. The molecule has 0 aromatic carbocycles. The van der Waals surface area contributed by atoms with Crippen LogP contribution in [0.15, 0.2) is 16.7 Å². The maximum atomic E-state index is 10.7. The van der Waals surface area contributed by atoms with Gasteiger partial charge in [-0.25, -0.2) is 4.79 Å². The highest BCUT2D eigenvalue weighted by Crippen LogP contribution is 2.18. The van der Waals surface area contributed by atoms with E-state index in [-0.39, 0.29) is 18.2 Å². The molecule has 2 aromatic rings. The van der Waals surface area contributed by atoms with Crippen molar-refractivity contribution >= 4 is 5.97 Å². The smallest absolute Gasteiger partial charge is 0.356 e. The number of ether oxygens (including phenoxy) is 1. The quantitative estimate of drug-likeness (QED) is 0.836. The summed E-state index contributed by atoms with van der Waals surface area (Å²) in [5.41, 5.74) is 1.68. The third-order valence-electron chi connectivity index (χ3n) is 3.06. The van der Waals surface area contributed by atoms with Crippen LogP contribution in [0, 0.1) is 6.92 Å². The zero-order chi connectivity index (χ0) is 15.2. The van der Waals surface area contributed by atoms with Crippen LogP contribution >= 0.6 is 0 Å². The van der Waals surface area contributed by atoms with Crippen LogP contribution in [0.1, 0.15) is 47.3 Å². The highest BCUT2D eigenvalue weighted by Gasteiger charge is 2.13. The normalized spacial score (nSPS) is 10.6. The molecule has 0 saturated heterocycles. The second-order valence-corrected chi connectivity index (χ2v) is 4.62. The van der Waals surface area contributed by atoms with Crippen molar-refractivity contribution in [3.63, 3.8) is 0 Å². The third-order valence-corrected chi connectivity index (χ3v) is 3.06. The molecule has 0 aliphatic heterocycles. The summed E-state index contributed by atoms with van der Waals surface area (Å²) in [6.45, 7) is 4.22. The van der Waals surface area contributed by atoms with Gasteiger partial charge in [0.05, 0.1) is 11.3 Å². The Bertz CT molecular complexity index is 607. The largest absolute Gasteiger partial charge is 0.476 e. The molecule has 0 aliphatic carbocycles. The predicted molar refractivity (Wildman–Crippen MR) is 73.2 cm³/mol. The number of aromatic nitrogens is 3. The molecule has 0 atom stereocenters. The van der Waals surface area contributed by atoms with Crippen LogP contribution in [-0.2, 0) is 13.0 Å². The van der Waals surface area contributed by atoms with E-state index in [1.54, 1.807) is 0 Å². The summed E-state index contributed by atoms with van der Waals surface area (Å²) in [5, 5.41) is 20.1. The van der Waals surface area contributed by atoms with Gasteiger partial charge in [0.25, 0.3) is 0 Å². The maximum absolute atomic E-state index is 10.7. The van der Waals surface area contributed by atoms with Crippen LogP contribution in [0.2, 0.25) is 0 Å². The minimum atomic E-state index is -1.12. The van der Waals surface area contributed by atoms with Gasteiger partial charge in [-0.3, -0.25) is 0 Å². The van der Waals surface area contributed by atoms with Gasteiger partial charge in [0.15, 0.2) is 5.69 Å². The number of aromatic carboxylic acids is 1. The summed E-state index contributed by atoms with van der Waals surface area (Å²) in [4.78, 5) is 10.7. The lowest BCUT2D eigenvalue weighted by Crippen LogP contribution is -2.05. The van der Waals surface area contributed by atoms with Crippen molar-refractivity contribution in [1.82, 2.24) is 15.4 Å². The van der Waals surface area contributed by atoms with Gasteiger partial charge in [-0.15, -0.1) is 10.2 Å². The first-order valence-corrected chi connectivity index (χ1v) is 6.75. The van der Waals surface area contributed by atoms with Gasteiger partial charge in [0.1, 0.15) is 12.4 Å². The number of hydrogen-bond acceptors (Lipinski definition) is 6. The minimum absolute atomic E-state index is 0.118. The van der Waals surface area contributed by atoms with Gasteiger partial charge in [-0.05, 0) is 25.8 Å². The summed E-state index contributed by atoms with van der Waals surface area (Å²) < 4.78 is 10.7. The first-order chi connectivity index (χ1) is 10.1. The molecule has 0 radical (unpaired) electrons. The number of aryl methyl sites for hydroxylation is 2. The summed E-state index contributed by atoms with van der Waals surface area (Å²) in [6, 6.07) is 2.83. The van der Waals surface area contributed by atoms with Gasteiger partial charge in [-0.2, -0.15) is 0 Å². The van der Waals surface area contributed by atoms with E-state index < -0.39 is 5.97 Å². The lowest BCUT2D eigenvalue weighted by Gasteiger charge is -2.05. The molecule has 1 N–H and O–H groups in total. The molecule has 7 nitrogen and oxygen atoms in total. The molecule has 21 heavy (non-hydrogen) atoms. The molecule has 0 bridgehead atoms. The molecule has 2 aromatic heterocycles. The number of nitrogens with zero attached hydrogens (tertiary/aromatic N) is 3. The topological polar surface area (TPSA) is 98.3 Å². The average molecular weight is 291 g/mol. The van der Waals surface area contributed by atoms with Crippen molar-refractivity contribution in [2.24, 2.45) is 0 Å². The Labute approximate surface area is 121 Å². The van der Waals surface area contributed by atoms with Crippen molar-refractivity contribution in [1.29, 1.82) is 0 Å². The Hall–Kier alpha value is -2.44. The van der Waals surface area contributed by atoms with E-state index >= 15 is 0 Å². The fourth-order valence-corrected chi connectivity index (χ4v) is 1.82. The first-order valence-electron chi connectivity index (χ1n) is 6.75. The molecule has 2 heterocycles. The molecule has 0 saturated carbocycles. The second-order valence-electron chi connectivity index (χ2n) is 4.62. The zero-order valence-electron chi connectivity index (χ0n) is 12.0. The molecule has 0 fully saturated rings. The zero-order valence-corrected chi connectivity index (χ0v) is 12.0. The number of carboxylic acid groups (broad SMARTS) is 1. The van der Waals surface area contributed by atoms with Gasteiger partial charge in [0, 0.05) is 6.07 Å². The number of rotatable bonds is 7. The molecule has 2 rings (SSSR count). The summed E-state index contributed by atoms with van der Waals surface area (Å²) in [7, 11) is 0. The lowest BCUT2D eigenvalue weighted by atomic mass is 10.1. The monoisotopic (exact) mass is 291 g/mol. The van der Waals surface area contributed by atoms with E-state index in [0.29, 0.717) is 0 Å². The Morgan fingerprint density at radius 3 is 2.81 bits per heavy atom. The number of hydrogen-bond donors (Lipinski definition) is 1. The Morgan fingerprint density at radius 2 is 2.19 bits per heavy atom. The predicted octanol–water partition coefficient (Wildman–Crippen LogP) is 2.39. The van der Waals surface area contributed by atoms with E-state index in [4.69, 9.17) is 14.4 Å². The number of carbonyl (C=O) groups is 1. The molecule has 112 valence electrons. The SMILES string of the molecule is CCCCc1noc(C)c1COc1ccc(C(=O)O)nn1. The molecular weight excluding hydrogens is 274 g/mol. The van der Waals surface area contributed by atoms with E-state index in [2.05, 4.69) is 22.3 Å². The standard InChI is InChI=1S/C14H17N3O4/c1-3-4-5-11-10(9(2)21-17-11)8-20-13-7-6-12(14(18)19)15-16-13/h6-7H,3-5,8H2,1-2H3,(H,18,19). The van der Waals surface area contributed by atoms with Crippen LogP contribution in [0.3, 0.4) is 0 Å². The molecule has 0 amide bonds. The third kappa shape index (κ3) is 3.77. The van der Waals surface area contributed by atoms with E-state index in [1.807, 2.05) is 6.92 Å². The highest BCUT2D eigenvalue weighted by molar-refractivity contribution is 5.84. The molecule has 0 unspecified atom stereocenters. The molecule has 0 spiro atoms. The summed E-state index contributed by atoms with van der Waals surface area (Å²) in [6.07, 6.45) is 2.95. The fraction of sp³-hybridized carbons (Fsp3) is 0.429. The van der Waals surface area contributed by atoms with Crippen LogP contribution in [0.25, 0.3) is 0 Å². The van der Waals surface area contributed by atoms with Gasteiger partial charge in [-0.1, -0.05) is 18.5 Å². The van der Waals surface area contributed by atoms with E-state index in [9.17, 15) is 4.79 Å². The number of carboxylic acids is 1. The van der Waals surface area contributed by atoms with Crippen LogP contribution < -0.4 is 4.74 Å². The average Bonchev–Trinajstić information content (AvgIpc) is 2.83. The van der Waals surface area contributed by atoms with Crippen molar-refractivity contribution in [2.75, 3.05) is 0 Å². The van der Waals surface area contributed by atoms with E-state index in [1.165, 1.54) is 12.1 Å². The molecular formula is C14H17N3O4. The van der Waals surface area contributed by atoms with Gasteiger partial charge >= 0.3 is 5.97 Å². The lowest BCUT2D eigenvalue weighted by molar-refractivity contribution is 0.0689. The second kappa shape index (κ2) is 6.83. The van der Waals surface area contributed by atoms with Crippen molar-refractivity contribution < 1.29 is 19.2 Å². The summed E-state index contributed by atoms with van der Waals surface area (Å²) in [5.74, 6) is -0.135. The Kier molecular flexibility index (Phi) is 4.86. The minimum Gasteiger partial charge on any atom is -0.476 e. The van der Waals surface area contributed by atoms with Crippen molar-refractivity contribution in [3.05, 3.63) is 34.8 Å². The maximum Gasteiger partial charge on any atom is 0.356 e. The number of unbranched alkanes of at least 4 members (excludes halogenated alkanes) is 1. The first kappa shape index (κ1) is 15.0. The Balaban J connectivity index is 2.02. The van der Waals surface area contributed by atoms with Crippen LogP contribution in [0.4, 0.5) is 0 Å². The fourth-order valence-electron chi connectivity index (χ4n) is 1.82. The van der Waals surface area contributed by atoms with Crippen LogP contribution in [-0.4, -0.2) is 26.4 Å². The Morgan fingerprint density at radius 1 is 1.38 bits per heavy atom. The van der Waals surface area contributed by atoms with Crippen molar-refractivity contribution in [3.8, 4) is 5.88 Å². The van der Waals surface area contributed by atoms with Crippen molar-refractivity contribution in [2.45, 2.75) is 39.7 Å².